The van der Waals surface area contributed by atoms with Gasteiger partial charge in [-0.1, -0.05) is 23.5 Å². The fraction of sp³-hybridized carbons (Fsp3) is 0.0714. The minimum atomic E-state index is -3.85. The molecule has 2 N–H and O–H groups in total. The fourth-order valence-electron chi connectivity index (χ4n) is 2.16. The first-order valence-electron chi connectivity index (χ1n) is 6.84. The maximum Gasteiger partial charge on any atom is 0.294 e. The lowest BCUT2D eigenvalue weighted by Gasteiger charge is -2.02. The average Bonchev–Trinajstić information content (AvgIpc) is 3.15. The summed E-state index contributed by atoms with van der Waals surface area (Å²) >= 11 is 2.15. The Hall–Kier alpha value is -1.79. The zero-order valence-corrected chi connectivity index (χ0v) is 16.0. The van der Waals surface area contributed by atoms with Crippen LogP contribution in [0.4, 0.5) is 0 Å². The molecule has 0 amide bonds. The molecule has 7 nitrogen and oxygen atoms in total. The highest BCUT2D eigenvalue weighted by atomic mass is 32.2. The second-order valence-electron chi connectivity index (χ2n) is 4.96. The molecular formula is C14H13N3O4S4. The van der Waals surface area contributed by atoms with E-state index in [-0.39, 0.29) is 13.9 Å². The molecular weight excluding hydrogens is 402 g/mol. The first kappa shape index (κ1) is 18.0. The van der Waals surface area contributed by atoms with Gasteiger partial charge < -0.3 is 4.57 Å². The molecule has 0 radical (unpaired) electrons. The second kappa shape index (κ2) is 6.50. The smallest absolute Gasteiger partial charge is 0.294 e. The minimum absolute atomic E-state index is 0.0420. The molecule has 0 spiro atoms. The Morgan fingerprint density at radius 2 is 2.00 bits per heavy atom. The molecule has 3 rings (SSSR count). The van der Waals surface area contributed by atoms with Gasteiger partial charge in [-0.05, 0) is 29.6 Å². The van der Waals surface area contributed by atoms with Crippen molar-refractivity contribution < 1.29 is 16.8 Å². The first-order chi connectivity index (χ1) is 11.7. The number of benzene rings is 1. The summed E-state index contributed by atoms with van der Waals surface area (Å²) in [6.07, 6.45) is 1.61. The maximum atomic E-state index is 12.4. The molecule has 0 unspecified atom stereocenters. The van der Waals surface area contributed by atoms with Gasteiger partial charge in [0.15, 0.2) is 0 Å². The Bertz CT molecular complexity index is 1220. The third-order valence-electron chi connectivity index (χ3n) is 3.24. The van der Waals surface area contributed by atoms with E-state index >= 15 is 0 Å². The Morgan fingerprint density at radius 1 is 1.24 bits per heavy atom. The number of thiophene rings is 1. The van der Waals surface area contributed by atoms with Crippen molar-refractivity contribution in [2.24, 2.45) is 9.54 Å². The number of aromatic nitrogens is 1. The van der Waals surface area contributed by atoms with Crippen LogP contribution in [0, 0.1) is 0 Å². The Balaban J connectivity index is 2.29. The summed E-state index contributed by atoms with van der Waals surface area (Å²) in [5.74, 6) is 0. The molecule has 0 aliphatic rings. The number of thiazole rings is 1. The van der Waals surface area contributed by atoms with Gasteiger partial charge in [-0.3, -0.25) is 0 Å². The van der Waals surface area contributed by atoms with Crippen molar-refractivity contribution in [3.63, 3.8) is 0 Å². The number of fused-ring (bicyclic) bond motifs is 1. The van der Waals surface area contributed by atoms with Gasteiger partial charge in [-0.2, -0.15) is 8.42 Å². The maximum absolute atomic E-state index is 12.4. The quantitative estimate of drug-likeness (QED) is 0.641. The predicted octanol–water partition coefficient (Wildman–Crippen LogP) is 1.89. The molecule has 1 aromatic carbocycles. The largest absolute Gasteiger partial charge is 0.312 e. The SMILES string of the molecule is C=CCn1/c(=N/S(=O)(=O)c2cccs2)sc2cc(S(N)(=O)=O)ccc21. The van der Waals surface area contributed by atoms with Crippen LogP contribution in [0.15, 0.2) is 61.9 Å². The lowest BCUT2D eigenvalue weighted by atomic mass is 10.3. The van der Waals surface area contributed by atoms with Gasteiger partial charge in [0, 0.05) is 6.54 Å². The van der Waals surface area contributed by atoms with Crippen molar-refractivity contribution in [2.45, 2.75) is 15.6 Å². The Labute approximate surface area is 152 Å². The predicted molar refractivity (Wildman–Crippen MR) is 98.5 cm³/mol. The van der Waals surface area contributed by atoms with Crippen LogP contribution in [-0.4, -0.2) is 21.4 Å². The fourth-order valence-corrected chi connectivity index (χ4v) is 6.03. The highest BCUT2D eigenvalue weighted by Crippen LogP contribution is 2.23. The third kappa shape index (κ3) is 3.60. The van der Waals surface area contributed by atoms with Crippen molar-refractivity contribution in [3.05, 3.63) is 53.2 Å². The van der Waals surface area contributed by atoms with Crippen molar-refractivity contribution in [2.75, 3.05) is 0 Å². The topological polar surface area (TPSA) is 112 Å². The van der Waals surface area contributed by atoms with Crippen molar-refractivity contribution in [1.29, 1.82) is 0 Å². The van der Waals surface area contributed by atoms with Gasteiger partial charge in [0.25, 0.3) is 10.0 Å². The van der Waals surface area contributed by atoms with Gasteiger partial charge in [0.1, 0.15) is 4.21 Å². The molecule has 3 aromatic rings. The highest BCUT2D eigenvalue weighted by molar-refractivity contribution is 7.92. The van der Waals surface area contributed by atoms with Gasteiger partial charge in [0.05, 0.1) is 15.1 Å². The minimum Gasteiger partial charge on any atom is -0.312 e. The van der Waals surface area contributed by atoms with Crippen LogP contribution in [0.25, 0.3) is 10.2 Å². The molecule has 2 heterocycles. The zero-order valence-electron chi connectivity index (χ0n) is 12.7. The van der Waals surface area contributed by atoms with E-state index in [1.165, 1.54) is 18.2 Å². The molecule has 0 aliphatic carbocycles. The van der Waals surface area contributed by atoms with E-state index < -0.39 is 20.0 Å². The summed E-state index contributed by atoms with van der Waals surface area (Å²) in [5.41, 5.74) is 0.650. The summed E-state index contributed by atoms with van der Waals surface area (Å²) < 4.78 is 54.2. The number of rotatable bonds is 5. The Morgan fingerprint density at radius 3 is 2.60 bits per heavy atom. The average molecular weight is 416 g/mol. The molecule has 0 fully saturated rings. The van der Waals surface area contributed by atoms with Crippen molar-refractivity contribution in [1.82, 2.24) is 4.57 Å². The van der Waals surface area contributed by atoms with E-state index in [9.17, 15) is 16.8 Å². The number of sulfonamides is 2. The number of primary sulfonamides is 1. The molecule has 0 aliphatic heterocycles. The van der Waals surface area contributed by atoms with Crippen LogP contribution >= 0.6 is 22.7 Å². The molecule has 0 bridgehead atoms. The number of nitrogens with two attached hydrogens (primary N) is 1. The number of hydrogen-bond acceptors (Lipinski definition) is 6. The number of allylic oxidation sites excluding steroid dienone is 1. The van der Waals surface area contributed by atoms with Gasteiger partial charge in [-0.15, -0.1) is 22.3 Å². The van der Waals surface area contributed by atoms with Gasteiger partial charge in [-0.25, -0.2) is 13.6 Å². The van der Waals surface area contributed by atoms with Crippen LogP contribution in [0.2, 0.25) is 0 Å². The zero-order chi connectivity index (χ0) is 18.2. The second-order valence-corrected chi connectivity index (χ2v) is 10.3. The molecule has 132 valence electrons. The van der Waals surface area contributed by atoms with E-state index in [0.29, 0.717) is 16.8 Å². The van der Waals surface area contributed by atoms with Crippen LogP contribution in [0.1, 0.15) is 0 Å². The van der Waals surface area contributed by atoms with E-state index in [4.69, 9.17) is 5.14 Å². The molecule has 0 atom stereocenters. The molecule has 25 heavy (non-hydrogen) atoms. The lowest BCUT2D eigenvalue weighted by molar-refractivity contribution is 0.596. The van der Waals surface area contributed by atoms with Crippen molar-refractivity contribution in [3.8, 4) is 0 Å². The van der Waals surface area contributed by atoms with E-state index in [1.807, 2.05) is 0 Å². The Kier molecular flexibility index (Phi) is 4.68. The summed E-state index contributed by atoms with van der Waals surface area (Å²) in [5, 5.41) is 6.81. The number of nitrogens with zero attached hydrogens (tertiary/aromatic N) is 2. The van der Waals surface area contributed by atoms with E-state index in [1.54, 1.807) is 28.2 Å². The molecule has 0 saturated heterocycles. The first-order valence-corrected chi connectivity index (χ1v) is 11.5. The van der Waals surface area contributed by atoms with E-state index in [0.717, 1.165) is 22.7 Å². The van der Waals surface area contributed by atoms with E-state index in [2.05, 4.69) is 11.0 Å². The van der Waals surface area contributed by atoms with Crippen LogP contribution < -0.4 is 9.94 Å². The summed E-state index contributed by atoms with van der Waals surface area (Å²) in [4.78, 5) is 0.189. The molecule has 11 heteroatoms. The number of hydrogen-bond donors (Lipinski definition) is 1. The lowest BCUT2D eigenvalue weighted by Crippen LogP contribution is -2.16. The van der Waals surface area contributed by atoms with Crippen molar-refractivity contribution >= 4 is 52.9 Å². The monoisotopic (exact) mass is 415 g/mol. The van der Waals surface area contributed by atoms with Crippen LogP contribution in [0.5, 0.6) is 0 Å². The summed E-state index contributed by atoms with van der Waals surface area (Å²) in [6.45, 7) is 3.99. The normalized spacial score (nSPS) is 13.4. The molecule has 2 aromatic heterocycles. The summed E-state index contributed by atoms with van der Waals surface area (Å²) in [7, 11) is -7.69. The van der Waals surface area contributed by atoms with Gasteiger partial charge in [0.2, 0.25) is 14.8 Å². The highest BCUT2D eigenvalue weighted by Gasteiger charge is 2.16. The molecule has 0 saturated carbocycles. The standard InChI is InChI=1S/C14H13N3O4S4/c1-2-7-17-11-6-5-10(24(15,18)19)9-12(11)23-14(17)16-25(20,21)13-4-3-8-22-13/h2-6,8-9H,1,7H2,(H2,15,18,19)/b16-14-. The summed E-state index contributed by atoms with van der Waals surface area (Å²) in [6, 6.07) is 7.47. The third-order valence-corrected chi connectivity index (χ3v) is 7.95. The van der Waals surface area contributed by atoms with Gasteiger partial charge >= 0.3 is 0 Å². The van der Waals surface area contributed by atoms with Crippen LogP contribution in [0.3, 0.4) is 0 Å². The van der Waals surface area contributed by atoms with Crippen LogP contribution in [-0.2, 0) is 26.6 Å².